The highest BCUT2D eigenvalue weighted by molar-refractivity contribution is 7.17. The van der Waals surface area contributed by atoms with E-state index in [1.807, 2.05) is 0 Å². The minimum absolute atomic E-state index is 0.145. The van der Waals surface area contributed by atoms with Gasteiger partial charge < -0.3 is 10.1 Å². The zero-order chi connectivity index (χ0) is 20.4. The number of nitrogens with one attached hydrogen (secondary N) is 1. The summed E-state index contributed by atoms with van der Waals surface area (Å²) in [6.07, 6.45) is 3.86. The Kier molecular flexibility index (Phi) is 5.36. The predicted molar refractivity (Wildman–Crippen MR) is 108 cm³/mol. The Morgan fingerprint density at radius 1 is 1.31 bits per heavy atom. The number of thiophene rings is 1. The molecule has 0 bridgehead atoms. The van der Waals surface area contributed by atoms with Crippen molar-refractivity contribution >= 4 is 40.6 Å². The Bertz CT molecular complexity index is 1110. The van der Waals surface area contributed by atoms with Crippen molar-refractivity contribution in [1.29, 1.82) is 0 Å². The van der Waals surface area contributed by atoms with E-state index in [-0.39, 0.29) is 31.2 Å². The number of ether oxygens (including phenoxy) is 1. The van der Waals surface area contributed by atoms with Crippen LogP contribution in [0.5, 0.6) is 0 Å². The van der Waals surface area contributed by atoms with E-state index < -0.39 is 12.2 Å². The molecule has 4 rings (SSSR count). The molecule has 1 N–H and O–H groups in total. The predicted octanol–water partition coefficient (Wildman–Crippen LogP) is 2.02. The third kappa shape index (κ3) is 4.33. The van der Waals surface area contributed by atoms with Crippen LogP contribution in [0.15, 0.2) is 53.7 Å². The molecule has 29 heavy (non-hydrogen) atoms. The summed E-state index contributed by atoms with van der Waals surface area (Å²) in [7, 11) is 0. The van der Waals surface area contributed by atoms with E-state index in [1.54, 1.807) is 41.3 Å². The van der Waals surface area contributed by atoms with Crippen LogP contribution in [0.2, 0.25) is 4.34 Å². The highest BCUT2D eigenvalue weighted by Gasteiger charge is 2.33. The molecular formula is C18H16ClN5O4S. The minimum Gasteiger partial charge on any atom is -0.442 e. The van der Waals surface area contributed by atoms with Crippen molar-refractivity contribution in [2.75, 3.05) is 18.0 Å². The van der Waals surface area contributed by atoms with Crippen LogP contribution in [-0.2, 0) is 11.4 Å². The van der Waals surface area contributed by atoms with E-state index in [0.717, 1.165) is 0 Å². The smallest absolute Gasteiger partial charge is 0.414 e. The number of carbonyl (C=O) groups excluding carboxylic acids is 2. The molecule has 1 fully saturated rings. The molecule has 0 aliphatic carbocycles. The van der Waals surface area contributed by atoms with E-state index in [9.17, 15) is 14.4 Å². The molecule has 4 heterocycles. The Morgan fingerprint density at radius 2 is 2.17 bits per heavy atom. The Morgan fingerprint density at radius 3 is 2.93 bits per heavy atom. The van der Waals surface area contributed by atoms with Gasteiger partial charge >= 0.3 is 6.09 Å². The van der Waals surface area contributed by atoms with E-state index in [0.29, 0.717) is 14.9 Å². The Hall–Kier alpha value is -3.11. The monoisotopic (exact) mass is 433 g/mol. The zero-order valence-corrected chi connectivity index (χ0v) is 16.6. The summed E-state index contributed by atoms with van der Waals surface area (Å²) < 4.78 is 8.90. The van der Waals surface area contributed by atoms with Gasteiger partial charge in [0, 0.05) is 12.3 Å². The van der Waals surface area contributed by atoms with Gasteiger partial charge in [-0.15, -0.1) is 11.3 Å². The molecule has 1 atom stereocenters. The lowest BCUT2D eigenvalue weighted by atomic mass is 10.3. The molecule has 150 valence electrons. The molecule has 0 spiro atoms. The number of pyridine rings is 1. The first-order valence-corrected chi connectivity index (χ1v) is 9.88. The van der Waals surface area contributed by atoms with Crippen molar-refractivity contribution in [2.24, 2.45) is 0 Å². The molecule has 0 saturated carbocycles. The van der Waals surface area contributed by atoms with Crippen molar-refractivity contribution < 1.29 is 14.3 Å². The summed E-state index contributed by atoms with van der Waals surface area (Å²) in [4.78, 5) is 38.0. The average molecular weight is 434 g/mol. The van der Waals surface area contributed by atoms with Crippen molar-refractivity contribution in [1.82, 2.24) is 19.7 Å². The quantitative estimate of drug-likeness (QED) is 0.641. The molecule has 2 amide bonds. The van der Waals surface area contributed by atoms with Gasteiger partial charge in [-0.25, -0.2) is 4.79 Å². The molecule has 1 aliphatic heterocycles. The maximum absolute atomic E-state index is 12.2. The van der Waals surface area contributed by atoms with Gasteiger partial charge in [0.05, 0.1) is 40.4 Å². The maximum atomic E-state index is 12.2. The molecule has 0 unspecified atom stereocenters. The van der Waals surface area contributed by atoms with Crippen molar-refractivity contribution in [3.05, 3.63) is 68.5 Å². The number of rotatable bonds is 6. The number of carbonyl (C=O) groups is 2. The fourth-order valence-corrected chi connectivity index (χ4v) is 3.83. The third-order valence-electron chi connectivity index (χ3n) is 4.29. The van der Waals surface area contributed by atoms with Crippen molar-refractivity contribution in [2.45, 2.75) is 12.8 Å². The van der Waals surface area contributed by atoms with E-state index in [4.69, 9.17) is 16.3 Å². The molecule has 9 nitrogen and oxygen atoms in total. The lowest BCUT2D eigenvalue weighted by molar-refractivity contribution is 0.0920. The zero-order valence-electron chi connectivity index (χ0n) is 15.0. The summed E-state index contributed by atoms with van der Waals surface area (Å²) in [5.41, 5.74) is 0.408. The van der Waals surface area contributed by atoms with Crippen LogP contribution in [0.4, 0.5) is 10.5 Å². The molecule has 0 aromatic carbocycles. The maximum Gasteiger partial charge on any atom is 0.414 e. The largest absolute Gasteiger partial charge is 0.442 e. The molecule has 3 aromatic rings. The van der Waals surface area contributed by atoms with Gasteiger partial charge in [-0.1, -0.05) is 17.7 Å². The number of nitrogens with zero attached hydrogens (tertiary/aromatic N) is 4. The van der Waals surface area contributed by atoms with Gasteiger partial charge in [-0.3, -0.25) is 23.7 Å². The number of halogens is 1. The van der Waals surface area contributed by atoms with Crippen LogP contribution in [0.1, 0.15) is 9.67 Å². The number of hydrogen-bond donors (Lipinski definition) is 1. The number of aromatic nitrogens is 3. The number of anilines is 1. The van der Waals surface area contributed by atoms with Gasteiger partial charge in [0.1, 0.15) is 12.8 Å². The lowest BCUT2D eigenvalue weighted by Crippen LogP contribution is -2.34. The molecular weight excluding hydrogens is 418 g/mol. The first-order valence-electron chi connectivity index (χ1n) is 8.69. The Balaban J connectivity index is 1.36. The second kappa shape index (κ2) is 8.10. The van der Waals surface area contributed by atoms with Gasteiger partial charge in [0.15, 0.2) is 0 Å². The first kappa shape index (κ1) is 19.2. The minimum atomic E-state index is -0.514. The average Bonchev–Trinajstić information content (AvgIpc) is 3.42. The standard InChI is InChI=1S/C18H16ClN5O4S/c19-15-5-4-14(29-15)17(26)20-8-13-10-24(18(27)28-13)12-7-21-23(9-12)11-22-6-2-1-3-16(22)25/h1-7,9,13H,8,10-11H2,(H,20,26)/t13-/m0/s1. The van der Waals surface area contributed by atoms with Crippen LogP contribution >= 0.6 is 22.9 Å². The number of cyclic esters (lactones) is 1. The van der Waals surface area contributed by atoms with E-state index in [2.05, 4.69) is 10.4 Å². The van der Waals surface area contributed by atoms with Gasteiger partial charge in [-0.2, -0.15) is 5.10 Å². The van der Waals surface area contributed by atoms with Gasteiger partial charge in [0.25, 0.3) is 11.5 Å². The Labute approximate surface area is 174 Å². The van der Waals surface area contributed by atoms with Crippen LogP contribution < -0.4 is 15.8 Å². The van der Waals surface area contributed by atoms with Crippen LogP contribution in [0, 0.1) is 0 Å². The number of amides is 2. The fraction of sp³-hybridized carbons (Fsp3) is 0.222. The SMILES string of the molecule is O=C(NC[C@H]1CN(c2cnn(Cn3ccccc3=O)c2)C(=O)O1)c1ccc(Cl)s1. The second-order valence-electron chi connectivity index (χ2n) is 6.32. The van der Waals surface area contributed by atoms with Gasteiger partial charge in [0.2, 0.25) is 0 Å². The normalized spacial score (nSPS) is 16.1. The van der Waals surface area contributed by atoms with Crippen molar-refractivity contribution in [3.8, 4) is 0 Å². The van der Waals surface area contributed by atoms with E-state index in [1.165, 1.54) is 33.1 Å². The summed E-state index contributed by atoms with van der Waals surface area (Å²) >= 11 is 7.02. The van der Waals surface area contributed by atoms with Gasteiger partial charge in [-0.05, 0) is 18.2 Å². The first-order chi connectivity index (χ1) is 14.0. The van der Waals surface area contributed by atoms with Crippen LogP contribution in [-0.4, -0.2) is 45.5 Å². The topological polar surface area (TPSA) is 98.5 Å². The van der Waals surface area contributed by atoms with Crippen LogP contribution in [0.25, 0.3) is 0 Å². The summed E-state index contributed by atoms with van der Waals surface area (Å²) in [6.45, 7) is 0.691. The number of hydrogen-bond acceptors (Lipinski definition) is 6. The van der Waals surface area contributed by atoms with E-state index >= 15 is 0 Å². The summed E-state index contributed by atoms with van der Waals surface area (Å²) in [6, 6.07) is 8.18. The molecule has 11 heteroatoms. The second-order valence-corrected chi connectivity index (χ2v) is 8.03. The van der Waals surface area contributed by atoms with Crippen LogP contribution in [0.3, 0.4) is 0 Å². The molecule has 1 aliphatic rings. The highest BCUT2D eigenvalue weighted by atomic mass is 35.5. The summed E-state index contributed by atoms with van der Waals surface area (Å²) in [5.74, 6) is -0.266. The fourth-order valence-electron chi connectivity index (χ4n) is 2.87. The lowest BCUT2D eigenvalue weighted by Gasteiger charge is -2.10. The summed E-state index contributed by atoms with van der Waals surface area (Å²) in [5, 5.41) is 6.94. The highest BCUT2D eigenvalue weighted by Crippen LogP contribution is 2.22. The van der Waals surface area contributed by atoms with Crippen molar-refractivity contribution in [3.63, 3.8) is 0 Å². The molecule has 1 saturated heterocycles. The molecule has 3 aromatic heterocycles. The molecule has 0 radical (unpaired) electrons. The third-order valence-corrected chi connectivity index (χ3v) is 5.52.